The lowest BCUT2D eigenvalue weighted by molar-refractivity contribution is -0.465. The first-order chi connectivity index (χ1) is 13.8. The van der Waals surface area contributed by atoms with Gasteiger partial charge in [-0.15, -0.1) is 0 Å². The van der Waals surface area contributed by atoms with Gasteiger partial charge in [0.15, 0.2) is 8.46 Å². The predicted octanol–water partition coefficient (Wildman–Crippen LogP) is 5.09. The summed E-state index contributed by atoms with van der Waals surface area (Å²) in [6.45, 7) is 9.04. The standard InChI is InChI=1S/C21H29N2O2P.H2O3/c1-5-6-15(3)13-18-20(17-9-7-14(2)8-10-17)19(21(22)24)16(4)23(18)11-12-26-25;1-3-2/h7-10,15H,5-6,11-13H2,1-4H3,(H2,22,24);1-2H. The predicted molar refractivity (Wildman–Crippen MR) is 114 cm³/mol. The summed E-state index contributed by atoms with van der Waals surface area (Å²) in [6, 6.07) is 8.23. The molecule has 0 saturated carbocycles. The van der Waals surface area contributed by atoms with Crippen LogP contribution in [-0.2, 0) is 22.6 Å². The van der Waals surface area contributed by atoms with Gasteiger partial charge in [0, 0.05) is 29.7 Å². The molecule has 1 atom stereocenters. The minimum Gasteiger partial charge on any atom is -0.366 e. The minimum absolute atomic E-state index is 0.114. The van der Waals surface area contributed by atoms with Gasteiger partial charge in [-0.25, -0.2) is 10.5 Å². The Labute approximate surface area is 173 Å². The number of carbonyl (C=O) groups is 1. The van der Waals surface area contributed by atoms with Crippen LogP contribution >= 0.6 is 8.46 Å². The normalized spacial score (nSPS) is 11.8. The summed E-state index contributed by atoms with van der Waals surface area (Å²) in [6.07, 6.45) is 3.66. The van der Waals surface area contributed by atoms with E-state index in [0.29, 0.717) is 24.2 Å². The molecule has 2 aromatic rings. The molecule has 0 fully saturated rings. The fourth-order valence-corrected chi connectivity index (χ4v) is 3.99. The molecular weight excluding hydrogens is 391 g/mol. The quantitative estimate of drug-likeness (QED) is 0.296. The van der Waals surface area contributed by atoms with Crippen LogP contribution in [-0.4, -0.2) is 27.2 Å². The number of benzene rings is 1. The number of aromatic nitrogens is 1. The summed E-state index contributed by atoms with van der Waals surface area (Å²) >= 11 is 0. The Morgan fingerprint density at radius 1 is 1.24 bits per heavy atom. The molecule has 1 unspecified atom stereocenters. The van der Waals surface area contributed by atoms with E-state index in [4.69, 9.17) is 16.2 Å². The van der Waals surface area contributed by atoms with Gasteiger partial charge in [0.05, 0.1) is 5.56 Å². The van der Waals surface area contributed by atoms with Crippen LogP contribution < -0.4 is 5.73 Å². The first-order valence-corrected chi connectivity index (χ1v) is 10.6. The van der Waals surface area contributed by atoms with Crippen molar-refractivity contribution in [2.24, 2.45) is 11.7 Å². The average molecular weight is 422 g/mol. The molecule has 29 heavy (non-hydrogen) atoms. The van der Waals surface area contributed by atoms with E-state index in [1.54, 1.807) is 0 Å². The highest BCUT2D eigenvalue weighted by Gasteiger charge is 2.25. The lowest BCUT2D eigenvalue weighted by atomic mass is 9.93. The molecule has 1 heterocycles. The highest BCUT2D eigenvalue weighted by Crippen LogP contribution is 2.35. The Balaban J connectivity index is 0.00000132. The third kappa shape index (κ3) is 6.75. The molecule has 7 nitrogen and oxygen atoms in total. The van der Waals surface area contributed by atoms with Crippen LogP contribution in [0.25, 0.3) is 11.1 Å². The van der Waals surface area contributed by atoms with E-state index in [-0.39, 0.29) is 8.46 Å². The van der Waals surface area contributed by atoms with Crippen LogP contribution in [0.1, 0.15) is 54.0 Å². The van der Waals surface area contributed by atoms with Crippen LogP contribution in [0.15, 0.2) is 24.3 Å². The number of amides is 1. The van der Waals surface area contributed by atoms with Crippen molar-refractivity contribution >= 4 is 14.4 Å². The number of carbonyl (C=O) groups excluding carboxylic acids is 1. The molecule has 0 radical (unpaired) electrons. The first-order valence-electron chi connectivity index (χ1n) is 9.65. The number of aryl methyl sites for hydroxylation is 1. The van der Waals surface area contributed by atoms with Crippen LogP contribution in [0.5, 0.6) is 0 Å². The Morgan fingerprint density at radius 3 is 2.31 bits per heavy atom. The van der Waals surface area contributed by atoms with E-state index in [0.717, 1.165) is 41.8 Å². The molecule has 0 saturated heterocycles. The molecule has 0 bridgehead atoms. The van der Waals surface area contributed by atoms with E-state index < -0.39 is 5.91 Å². The van der Waals surface area contributed by atoms with Crippen molar-refractivity contribution in [2.75, 3.05) is 6.16 Å². The molecule has 160 valence electrons. The van der Waals surface area contributed by atoms with Gasteiger partial charge in [-0.2, -0.15) is 0 Å². The molecule has 1 amide bonds. The summed E-state index contributed by atoms with van der Waals surface area (Å²) in [7, 11) is 0.114. The van der Waals surface area contributed by atoms with Crippen molar-refractivity contribution in [3.05, 3.63) is 46.8 Å². The molecule has 0 aliphatic carbocycles. The second-order valence-electron chi connectivity index (χ2n) is 7.20. The summed E-state index contributed by atoms with van der Waals surface area (Å²) in [5, 5.41) is 15.5. The highest BCUT2D eigenvalue weighted by atomic mass is 31.1. The maximum absolute atomic E-state index is 12.3. The molecule has 1 aromatic carbocycles. The number of nitrogens with two attached hydrogens (primary N) is 1. The zero-order valence-electron chi connectivity index (χ0n) is 17.5. The number of primary amides is 1. The SMILES string of the molecule is CCCC(C)Cc1c(-c2ccc(C)cc2)c(C(N)=O)c(C)n1CCP=O.OOO. The second kappa shape index (κ2) is 12.5. The zero-order chi connectivity index (χ0) is 22.0. The third-order valence-corrected chi connectivity index (χ3v) is 5.34. The maximum Gasteiger partial charge on any atom is 0.251 e. The molecule has 4 N–H and O–H groups in total. The first kappa shape index (κ1) is 25.0. The molecule has 2 rings (SSSR count). The van der Waals surface area contributed by atoms with E-state index >= 15 is 0 Å². The lowest BCUT2D eigenvalue weighted by Crippen LogP contribution is -2.13. The molecular formula is C21H31N2O5P. The number of hydrogen-bond acceptors (Lipinski definition) is 5. The van der Waals surface area contributed by atoms with Gasteiger partial charge in [-0.05, 0) is 31.7 Å². The molecule has 0 aliphatic rings. The second-order valence-corrected chi connectivity index (χ2v) is 7.90. The van der Waals surface area contributed by atoms with E-state index in [9.17, 15) is 9.36 Å². The van der Waals surface area contributed by atoms with Gasteiger partial charge in [-0.3, -0.25) is 9.36 Å². The Bertz CT molecular complexity index is 802. The minimum atomic E-state index is -0.402. The summed E-state index contributed by atoms with van der Waals surface area (Å²) in [5.41, 5.74) is 11.5. The highest BCUT2D eigenvalue weighted by molar-refractivity contribution is 7.23. The third-order valence-electron chi connectivity index (χ3n) is 4.96. The largest absolute Gasteiger partial charge is 0.366 e. The molecule has 0 spiro atoms. The fraction of sp³-hybridized carbons (Fsp3) is 0.476. The zero-order valence-corrected chi connectivity index (χ0v) is 18.4. The monoisotopic (exact) mass is 422 g/mol. The van der Waals surface area contributed by atoms with Gasteiger partial charge < -0.3 is 10.3 Å². The van der Waals surface area contributed by atoms with Crippen LogP contribution in [0.3, 0.4) is 0 Å². The van der Waals surface area contributed by atoms with Crippen molar-refractivity contribution in [1.82, 2.24) is 4.57 Å². The Kier molecular flexibility index (Phi) is 10.8. The molecule has 8 heteroatoms. The topological polar surface area (TPSA) is 115 Å². The molecule has 1 aromatic heterocycles. The number of nitrogens with zero attached hydrogens (tertiary/aromatic N) is 1. The molecule has 0 aliphatic heterocycles. The van der Waals surface area contributed by atoms with Crippen molar-refractivity contribution < 1.29 is 24.9 Å². The van der Waals surface area contributed by atoms with Gasteiger partial charge in [0.25, 0.3) is 5.91 Å². The van der Waals surface area contributed by atoms with Crippen molar-refractivity contribution in [3.63, 3.8) is 0 Å². The Hall–Kier alpha value is -2.05. The maximum atomic E-state index is 12.3. The van der Waals surface area contributed by atoms with Crippen molar-refractivity contribution in [1.29, 1.82) is 0 Å². The fourth-order valence-electron chi connectivity index (χ4n) is 3.71. The van der Waals surface area contributed by atoms with Gasteiger partial charge in [-0.1, -0.05) is 61.6 Å². The smallest absolute Gasteiger partial charge is 0.251 e. The summed E-state index contributed by atoms with van der Waals surface area (Å²) in [4.78, 5) is 12.3. The van der Waals surface area contributed by atoms with E-state index in [1.165, 1.54) is 5.56 Å². The lowest BCUT2D eigenvalue weighted by Gasteiger charge is -2.16. The van der Waals surface area contributed by atoms with Crippen molar-refractivity contribution in [2.45, 2.75) is 53.5 Å². The van der Waals surface area contributed by atoms with Crippen LogP contribution in [0, 0.1) is 19.8 Å². The van der Waals surface area contributed by atoms with Gasteiger partial charge in [0.2, 0.25) is 0 Å². The number of rotatable bonds is 9. The van der Waals surface area contributed by atoms with Crippen molar-refractivity contribution in [3.8, 4) is 11.1 Å². The van der Waals surface area contributed by atoms with Gasteiger partial charge >= 0.3 is 0 Å². The Morgan fingerprint density at radius 2 is 1.83 bits per heavy atom. The summed E-state index contributed by atoms with van der Waals surface area (Å²) < 4.78 is 13.2. The van der Waals surface area contributed by atoms with Crippen LogP contribution in [0.2, 0.25) is 0 Å². The van der Waals surface area contributed by atoms with Gasteiger partial charge in [0.1, 0.15) is 0 Å². The number of hydrogen-bond donors (Lipinski definition) is 3. The average Bonchev–Trinajstić information content (AvgIpc) is 2.93. The summed E-state index contributed by atoms with van der Waals surface area (Å²) in [5.74, 6) is 0.101. The van der Waals surface area contributed by atoms with E-state index in [1.807, 2.05) is 13.8 Å². The van der Waals surface area contributed by atoms with Crippen LogP contribution in [0.4, 0.5) is 0 Å². The van der Waals surface area contributed by atoms with E-state index in [2.05, 4.69) is 47.7 Å².